The van der Waals surface area contributed by atoms with Crippen LogP contribution >= 0.6 is 0 Å². The zero-order chi connectivity index (χ0) is 23.5. The van der Waals surface area contributed by atoms with Gasteiger partial charge in [-0.15, -0.1) is 0 Å². The van der Waals surface area contributed by atoms with E-state index in [1.165, 1.54) is 10.8 Å². The van der Waals surface area contributed by atoms with Gasteiger partial charge in [-0.05, 0) is 36.2 Å². The van der Waals surface area contributed by atoms with Crippen molar-refractivity contribution in [3.63, 3.8) is 0 Å². The number of para-hydroxylation sites is 1. The fourth-order valence-corrected chi connectivity index (χ4v) is 3.50. The average Bonchev–Trinajstić information content (AvgIpc) is 3.51. The second-order valence-corrected chi connectivity index (χ2v) is 7.50. The summed E-state index contributed by atoms with van der Waals surface area (Å²) in [7, 11) is 0. The number of rotatable bonds is 7. The van der Waals surface area contributed by atoms with Crippen molar-refractivity contribution >= 4 is 17.5 Å². The maximum absolute atomic E-state index is 14.5. The lowest BCUT2D eigenvalue weighted by atomic mass is 10.1. The van der Waals surface area contributed by atoms with Gasteiger partial charge < -0.3 is 29.8 Å². The summed E-state index contributed by atoms with van der Waals surface area (Å²) in [6.45, 7) is 0.501. The summed E-state index contributed by atoms with van der Waals surface area (Å²) < 4.78 is 26.5. The Balaban J connectivity index is 1.26. The first kappa shape index (κ1) is 21.3. The Labute approximate surface area is 193 Å². The highest BCUT2D eigenvalue weighted by atomic mass is 19.1. The van der Waals surface area contributed by atoms with Gasteiger partial charge in [0.2, 0.25) is 12.7 Å². The number of ether oxygens (including phenoxy) is 2. The monoisotopic (exact) mass is 461 g/mol. The van der Waals surface area contributed by atoms with E-state index in [4.69, 9.17) is 9.47 Å². The molecule has 10 heteroatoms. The zero-order valence-electron chi connectivity index (χ0n) is 17.9. The number of anilines is 2. The van der Waals surface area contributed by atoms with Gasteiger partial charge in [0.15, 0.2) is 23.1 Å². The van der Waals surface area contributed by atoms with E-state index in [2.05, 4.69) is 20.6 Å². The maximum atomic E-state index is 14.5. The molecule has 3 heterocycles. The van der Waals surface area contributed by atoms with Gasteiger partial charge in [0, 0.05) is 30.7 Å². The van der Waals surface area contributed by atoms with Crippen molar-refractivity contribution in [1.29, 1.82) is 0 Å². The van der Waals surface area contributed by atoms with Crippen LogP contribution in [0.1, 0.15) is 15.9 Å². The third-order valence-corrected chi connectivity index (χ3v) is 5.23. The van der Waals surface area contributed by atoms with Crippen LogP contribution in [0.2, 0.25) is 0 Å². The topological polar surface area (TPSA) is 111 Å². The summed E-state index contributed by atoms with van der Waals surface area (Å²) in [5.74, 6) is 0.637. The molecule has 2 aromatic carbocycles. The molecule has 0 atom stereocenters. The van der Waals surface area contributed by atoms with Gasteiger partial charge in [-0.2, -0.15) is 4.98 Å². The van der Waals surface area contributed by atoms with E-state index in [1.54, 1.807) is 48.7 Å². The Morgan fingerprint density at radius 2 is 2.00 bits per heavy atom. The SMILES string of the molecule is O=C(NCCc1ccccc1O)c1ccn(-c2nc(Nc3ccc4c(c3)OCO4)ncc2F)c1. The van der Waals surface area contributed by atoms with Gasteiger partial charge in [-0.1, -0.05) is 18.2 Å². The number of hydrogen-bond acceptors (Lipinski definition) is 7. The Hall–Kier alpha value is -4.60. The van der Waals surface area contributed by atoms with Crippen molar-refractivity contribution in [3.8, 4) is 23.1 Å². The van der Waals surface area contributed by atoms with Crippen LogP contribution < -0.4 is 20.1 Å². The third kappa shape index (κ3) is 4.46. The maximum Gasteiger partial charge on any atom is 0.252 e. The highest BCUT2D eigenvalue weighted by Crippen LogP contribution is 2.34. The minimum atomic E-state index is -0.640. The molecule has 0 aliphatic carbocycles. The van der Waals surface area contributed by atoms with Crippen molar-refractivity contribution in [2.45, 2.75) is 6.42 Å². The van der Waals surface area contributed by atoms with Gasteiger partial charge in [0.05, 0.1) is 11.8 Å². The average molecular weight is 461 g/mol. The normalized spacial score (nSPS) is 11.9. The number of aromatic nitrogens is 3. The molecule has 2 aromatic heterocycles. The first-order valence-corrected chi connectivity index (χ1v) is 10.5. The highest BCUT2D eigenvalue weighted by molar-refractivity contribution is 5.94. The summed E-state index contributed by atoms with van der Waals surface area (Å²) in [5.41, 5.74) is 1.74. The van der Waals surface area contributed by atoms with Gasteiger partial charge in [0.25, 0.3) is 5.91 Å². The van der Waals surface area contributed by atoms with Crippen LogP contribution in [0.4, 0.5) is 16.0 Å². The molecule has 3 N–H and O–H groups in total. The summed E-state index contributed by atoms with van der Waals surface area (Å²) in [4.78, 5) is 20.7. The molecule has 4 aromatic rings. The molecular weight excluding hydrogens is 441 g/mol. The molecule has 172 valence electrons. The standard InChI is InChI=1S/C24H20FN5O4/c25-18-12-27-24(28-17-5-6-20-21(11-17)34-14-33-20)29-22(18)30-10-8-16(13-30)23(32)26-9-7-15-3-1-2-4-19(15)31/h1-6,8,10-13,31H,7,9,14H2,(H,26,32)(H,27,28,29). The van der Waals surface area contributed by atoms with Crippen molar-refractivity contribution in [1.82, 2.24) is 19.9 Å². The Bertz CT molecular complexity index is 1360. The van der Waals surface area contributed by atoms with Crippen LogP contribution in [0.5, 0.6) is 17.2 Å². The van der Waals surface area contributed by atoms with E-state index in [0.29, 0.717) is 35.7 Å². The fraction of sp³-hybridized carbons (Fsp3) is 0.125. The quantitative estimate of drug-likeness (QED) is 0.386. The lowest BCUT2D eigenvalue weighted by molar-refractivity contribution is 0.0954. The Morgan fingerprint density at radius 1 is 1.15 bits per heavy atom. The van der Waals surface area contributed by atoms with E-state index >= 15 is 0 Å². The lowest BCUT2D eigenvalue weighted by Crippen LogP contribution is -2.25. The van der Waals surface area contributed by atoms with Crippen LogP contribution in [0, 0.1) is 5.82 Å². The van der Waals surface area contributed by atoms with Gasteiger partial charge >= 0.3 is 0 Å². The minimum Gasteiger partial charge on any atom is -0.508 e. The van der Waals surface area contributed by atoms with Crippen LogP contribution in [-0.4, -0.2) is 38.9 Å². The van der Waals surface area contributed by atoms with Crippen LogP contribution in [-0.2, 0) is 6.42 Å². The molecule has 34 heavy (non-hydrogen) atoms. The number of phenolic OH excluding ortho intramolecular Hbond substituents is 1. The first-order chi connectivity index (χ1) is 16.6. The number of halogens is 1. The number of benzene rings is 2. The Kier molecular flexibility index (Phi) is 5.69. The highest BCUT2D eigenvalue weighted by Gasteiger charge is 2.16. The molecule has 0 unspecified atom stereocenters. The molecule has 0 spiro atoms. The predicted octanol–water partition coefficient (Wildman–Crippen LogP) is 3.56. The van der Waals surface area contributed by atoms with E-state index in [-0.39, 0.29) is 30.2 Å². The smallest absolute Gasteiger partial charge is 0.252 e. The lowest BCUT2D eigenvalue weighted by Gasteiger charge is -2.09. The van der Waals surface area contributed by atoms with Gasteiger partial charge in [-0.25, -0.2) is 9.37 Å². The molecule has 0 saturated carbocycles. The zero-order valence-corrected chi connectivity index (χ0v) is 17.9. The molecule has 1 aliphatic rings. The minimum absolute atomic E-state index is 0.00787. The van der Waals surface area contributed by atoms with E-state index in [9.17, 15) is 14.3 Å². The summed E-state index contributed by atoms with van der Waals surface area (Å²) >= 11 is 0. The number of phenols is 1. The third-order valence-electron chi connectivity index (χ3n) is 5.23. The summed E-state index contributed by atoms with van der Waals surface area (Å²) in [6, 6.07) is 13.8. The largest absolute Gasteiger partial charge is 0.508 e. The van der Waals surface area contributed by atoms with Gasteiger partial charge in [-0.3, -0.25) is 4.79 Å². The Morgan fingerprint density at radius 3 is 2.88 bits per heavy atom. The molecular formula is C24H20FN5O4. The van der Waals surface area contributed by atoms with Crippen LogP contribution in [0.25, 0.3) is 5.82 Å². The molecule has 0 radical (unpaired) electrons. The molecule has 1 aliphatic heterocycles. The number of carbonyl (C=O) groups excluding carboxylic acids is 1. The molecule has 0 bridgehead atoms. The molecule has 0 saturated heterocycles. The fourth-order valence-electron chi connectivity index (χ4n) is 3.50. The van der Waals surface area contributed by atoms with Crippen LogP contribution in [0.15, 0.2) is 67.1 Å². The van der Waals surface area contributed by atoms with Crippen molar-refractivity contribution in [3.05, 3.63) is 84.1 Å². The predicted molar refractivity (Wildman–Crippen MR) is 121 cm³/mol. The number of nitrogens with zero attached hydrogens (tertiary/aromatic N) is 3. The van der Waals surface area contributed by atoms with Gasteiger partial charge in [0.1, 0.15) is 5.75 Å². The van der Waals surface area contributed by atoms with E-state index in [0.717, 1.165) is 11.8 Å². The number of amides is 1. The summed E-state index contributed by atoms with van der Waals surface area (Å²) in [6.07, 6.45) is 4.58. The molecule has 1 amide bonds. The number of nitrogens with one attached hydrogen (secondary N) is 2. The van der Waals surface area contributed by atoms with Crippen LogP contribution in [0.3, 0.4) is 0 Å². The summed E-state index contributed by atoms with van der Waals surface area (Å²) in [5, 5.41) is 15.6. The number of fused-ring (bicyclic) bond motifs is 1. The molecule has 5 rings (SSSR count). The van der Waals surface area contributed by atoms with E-state index in [1.807, 2.05) is 6.07 Å². The molecule has 0 fully saturated rings. The first-order valence-electron chi connectivity index (χ1n) is 10.5. The van der Waals surface area contributed by atoms with Crippen molar-refractivity contribution < 1.29 is 23.8 Å². The van der Waals surface area contributed by atoms with Crippen molar-refractivity contribution in [2.24, 2.45) is 0 Å². The number of carbonyl (C=O) groups is 1. The molecule has 9 nitrogen and oxygen atoms in total. The number of hydrogen-bond donors (Lipinski definition) is 3. The second kappa shape index (κ2) is 9.10. The van der Waals surface area contributed by atoms with E-state index < -0.39 is 5.82 Å². The number of aromatic hydroxyl groups is 1. The van der Waals surface area contributed by atoms with Crippen molar-refractivity contribution in [2.75, 3.05) is 18.7 Å². The second-order valence-electron chi connectivity index (χ2n) is 7.50.